The normalized spacial score (nSPS) is 21.2. The van der Waals surface area contributed by atoms with Crippen molar-refractivity contribution in [3.05, 3.63) is 76.1 Å². The lowest BCUT2D eigenvalue weighted by molar-refractivity contribution is 0.577. The molecule has 2 unspecified atom stereocenters. The zero-order valence-corrected chi connectivity index (χ0v) is 14.8. The first-order valence-corrected chi connectivity index (χ1v) is 8.77. The van der Waals surface area contributed by atoms with Crippen molar-refractivity contribution in [2.45, 2.75) is 12.7 Å². The first-order valence-electron chi connectivity index (χ1n) is 8.01. The molecule has 0 radical (unpaired) electrons. The number of nitrogens with zero attached hydrogens (tertiary/aromatic N) is 2. The number of nitrogens with one attached hydrogen (secondary N) is 2. The predicted molar refractivity (Wildman–Crippen MR) is 104 cm³/mol. The highest BCUT2D eigenvalue weighted by Crippen LogP contribution is 2.34. The zero-order valence-electron chi connectivity index (χ0n) is 13.3. The number of pyridine rings is 1. The Morgan fingerprint density at radius 3 is 2.76 bits per heavy atom. The molecule has 0 fully saturated rings. The lowest BCUT2D eigenvalue weighted by Crippen LogP contribution is -2.26. The molecule has 1 aromatic heterocycles. The second-order valence-corrected chi connectivity index (χ2v) is 6.83. The van der Waals surface area contributed by atoms with Gasteiger partial charge in [-0.2, -0.15) is 0 Å². The number of dihydropyridines is 1. The number of anilines is 1. The molecule has 2 aliphatic heterocycles. The molecule has 0 aliphatic carbocycles. The van der Waals surface area contributed by atoms with Gasteiger partial charge in [-0.1, -0.05) is 47.5 Å². The minimum absolute atomic E-state index is 0.00461. The monoisotopic (exact) mass is 370 g/mol. The van der Waals surface area contributed by atoms with Gasteiger partial charge in [-0.15, -0.1) is 0 Å². The van der Waals surface area contributed by atoms with Crippen LogP contribution in [0.5, 0.6) is 0 Å². The summed E-state index contributed by atoms with van der Waals surface area (Å²) in [6, 6.07) is 13.7. The number of fused-ring (bicyclic) bond motifs is 1. The Kier molecular flexibility index (Phi) is 4.47. The maximum Gasteiger partial charge on any atom is 0.128 e. The molecule has 25 heavy (non-hydrogen) atoms. The van der Waals surface area contributed by atoms with Gasteiger partial charge in [-0.3, -0.25) is 4.99 Å². The van der Waals surface area contributed by atoms with Crippen LogP contribution in [0.3, 0.4) is 0 Å². The van der Waals surface area contributed by atoms with Crippen LogP contribution >= 0.6 is 23.2 Å². The van der Waals surface area contributed by atoms with E-state index in [9.17, 15) is 0 Å². The Balaban J connectivity index is 1.50. The molecule has 6 heteroatoms. The lowest BCUT2D eigenvalue weighted by atomic mass is 9.95. The molecule has 0 saturated heterocycles. The summed E-state index contributed by atoms with van der Waals surface area (Å²) < 4.78 is 0. The molecule has 2 N–H and O–H groups in total. The Hall–Kier alpha value is -2.30. The largest absolute Gasteiger partial charge is 0.369 e. The molecule has 0 bridgehead atoms. The molecule has 3 heterocycles. The highest BCUT2D eigenvalue weighted by Gasteiger charge is 2.31. The minimum atomic E-state index is 0.00461. The van der Waals surface area contributed by atoms with E-state index in [2.05, 4.69) is 15.6 Å². The van der Waals surface area contributed by atoms with Gasteiger partial charge in [-0.25, -0.2) is 4.98 Å². The standard InChI is InChI=1S/C19H16Cl2N4/c20-13-6-4-12(5-7-13)9-22-18-3-1-2-17(25-18)16-11-24-19-15(16)8-14(21)10-23-19/h1-8,10-11,15,19,24H,9H2,(H,22,25). The van der Waals surface area contributed by atoms with Crippen molar-refractivity contribution in [2.75, 3.05) is 5.32 Å². The third kappa shape index (κ3) is 3.55. The smallest absolute Gasteiger partial charge is 0.128 e. The summed E-state index contributed by atoms with van der Waals surface area (Å²) in [5.41, 5.74) is 3.16. The highest BCUT2D eigenvalue weighted by molar-refractivity contribution is 6.39. The van der Waals surface area contributed by atoms with Crippen molar-refractivity contribution in [2.24, 2.45) is 10.9 Å². The van der Waals surface area contributed by atoms with Gasteiger partial charge in [0.15, 0.2) is 0 Å². The second kappa shape index (κ2) is 6.90. The number of halogens is 2. The number of aliphatic imine (C=N–C) groups is 1. The Morgan fingerprint density at radius 1 is 1.08 bits per heavy atom. The van der Waals surface area contributed by atoms with Gasteiger partial charge in [0.1, 0.15) is 12.0 Å². The number of hydrogen-bond donors (Lipinski definition) is 2. The zero-order chi connectivity index (χ0) is 17.2. The summed E-state index contributed by atoms with van der Waals surface area (Å²) in [4.78, 5) is 9.14. The van der Waals surface area contributed by atoms with E-state index in [1.165, 1.54) is 0 Å². The first kappa shape index (κ1) is 16.2. The molecule has 0 amide bonds. The third-order valence-electron chi connectivity index (χ3n) is 4.24. The molecule has 1 aromatic carbocycles. The average Bonchev–Trinajstić information content (AvgIpc) is 3.04. The van der Waals surface area contributed by atoms with E-state index in [0.29, 0.717) is 11.6 Å². The maximum absolute atomic E-state index is 6.11. The number of allylic oxidation sites excluding steroid dienone is 1. The lowest BCUT2D eigenvalue weighted by Gasteiger charge is -2.19. The van der Waals surface area contributed by atoms with Crippen molar-refractivity contribution in [1.29, 1.82) is 0 Å². The molecule has 126 valence electrons. The average molecular weight is 371 g/mol. The molecule has 4 nitrogen and oxygen atoms in total. The van der Waals surface area contributed by atoms with E-state index >= 15 is 0 Å². The quantitative estimate of drug-likeness (QED) is 0.836. The van der Waals surface area contributed by atoms with Gasteiger partial charge in [0, 0.05) is 35.5 Å². The van der Waals surface area contributed by atoms with Gasteiger partial charge in [-0.05, 0) is 29.8 Å². The van der Waals surface area contributed by atoms with Gasteiger partial charge in [0.2, 0.25) is 0 Å². The van der Waals surface area contributed by atoms with Crippen LogP contribution in [0.4, 0.5) is 5.82 Å². The molecule has 2 aliphatic rings. The van der Waals surface area contributed by atoms with Crippen LogP contribution in [0.2, 0.25) is 5.02 Å². The SMILES string of the molecule is ClC1=CC2C(c3cccc(NCc4ccc(Cl)cc4)n3)=CNC2N=C1. The van der Waals surface area contributed by atoms with E-state index in [1.54, 1.807) is 6.21 Å². The molecule has 4 rings (SSSR count). The van der Waals surface area contributed by atoms with E-state index in [-0.39, 0.29) is 12.1 Å². The summed E-state index contributed by atoms with van der Waals surface area (Å²) in [6.45, 7) is 0.687. The molecule has 2 aromatic rings. The first-order chi connectivity index (χ1) is 12.2. The predicted octanol–water partition coefficient (Wildman–Crippen LogP) is 4.44. The highest BCUT2D eigenvalue weighted by atomic mass is 35.5. The van der Waals surface area contributed by atoms with Gasteiger partial charge < -0.3 is 10.6 Å². The third-order valence-corrected chi connectivity index (χ3v) is 4.71. The Bertz CT molecular complexity index is 871. The van der Waals surface area contributed by atoms with Crippen LogP contribution in [0, 0.1) is 5.92 Å². The fourth-order valence-corrected chi connectivity index (χ4v) is 3.28. The number of aromatic nitrogens is 1. The minimum Gasteiger partial charge on any atom is -0.369 e. The van der Waals surface area contributed by atoms with Crippen LogP contribution in [-0.4, -0.2) is 17.4 Å². The fraction of sp³-hybridized carbons (Fsp3) is 0.158. The topological polar surface area (TPSA) is 49.3 Å². The van der Waals surface area contributed by atoms with Crippen LogP contribution < -0.4 is 10.6 Å². The van der Waals surface area contributed by atoms with Crippen molar-refractivity contribution in [3.8, 4) is 0 Å². The summed E-state index contributed by atoms with van der Waals surface area (Å²) in [7, 11) is 0. The van der Waals surface area contributed by atoms with Crippen molar-refractivity contribution in [1.82, 2.24) is 10.3 Å². The number of hydrogen-bond acceptors (Lipinski definition) is 4. The van der Waals surface area contributed by atoms with Crippen LogP contribution in [0.25, 0.3) is 5.57 Å². The van der Waals surface area contributed by atoms with Crippen molar-refractivity contribution >= 4 is 40.8 Å². The van der Waals surface area contributed by atoms with E-state index in [1.807, 2.05) is 54.7 Å². The van der Waals surface area contributed by atoms with E-state index in [4.69, 9.17) is 28.2 Å². The summed E-state index contributed by atoms with van der Waals surface area (Å²) in [6.07, 6.45) is 5.68. The maximum atomic E-state index is 6.11. The van der Waals surface area contributed by atoms with Crippen LogP contribution in [-0.2, 0) is 6.54 Å². The van der Waals surface area contributed by atoms with E-state index < -0.39 is 0 Å². The molecule has 0 spiro atoms. The van der Waals surface area contributed by atoms with E-state index in [0.717, 1.165) is 27.7 Å². The summed E-state index contributed by atoms with van der Waals surface area (Å²) in [5, 5.41) is 8.02. The summed E-state index contributed by atoms with van der Waals surface area (Å²) in [5.74, 6) is 0.933. The molecule has 2 atom stereocenters. The Morgan fingerprint density at radius 2 is 1.92 bits per heavy atom. The van der Waals surface area contributed by atoms with Crippen LogP contribution in [0.1, 0.15) is 11.3 Å². The molecular weight excluding hydrogens is 355 g/mol. The number of benzene rings is 1. The van der Waals surface area contributed by atoms with Crippen molar-refractivity contribution in [3.63, 3.8) is 0 Å². The number of rotatable bonds is 4. The fourth-order valence-electron chi connectivity index (χ4n) is 2.96. The molecule has 0 saturated carbocycles. The Labute approximate surface area is 156 Å². The van der Waals surface area contributed by atoms with Gasteiger partial charge in [0.25, 0.3) is 0 Å². The van der Waals surface area contributed by atoms with Crippen molar-refractivity contribution < 1.29 is 0 Å². The van der Waals surface area contributed by atoms with Crippen LogP contribution in [0.15, 0.2) is 64.8 Å². The second-order valence-electron chi connectivity index (χ2n) is 5.95. The van der Waals surface area contributed by atoms with Gasteiger partial charge >= 0.3 is 0 Å². The molecular formula is C19H16Cl2N4. The van der Waals surface area contributed by atoms with Gasteiger partial charge in [0.05, 0.1) is 10.7 Å². The summed E-state index contributed by atoms with van der Waals surface area (Å²) >= 11 is 12.0.